The van der Waals surface area contributed by atoms with E-state index in [0.29, 0.717) is 18.5 Å². The summed E-state index contributed by atoms with van der Waals surface area (Å²) in [5.74, 6) is 1.02. The molecular weight excluding hydrogens is 204 g/mol. The summed E-state index contributed by atoms with van der Waals surface area (Å²) in [6.07, 6.45) is 3.37. The molecule has 1 amide bonds. The van der Waals surface area contributed by atoms with Gasteiger partial charge < -0.3 is 15.3 Å². The van der Waals surface area contributed by atoms with Gasteiger partial charge in [-0.15, -0.1) is 0 Å². The van der Waals surface area contributed by atoms with Gasteiger partial charge in [-0.05, 0) is 31.7 Å². The zero-order chi connectivity index (χ0) is 11.5. The molecule has 4 nitrogen and oxygen atoms in total. The summed E-state index contributed by atoms with van der Waals surface area (Å²) in [5, 5.41) is 12.4. The second-order valence-corrected chi connectivity index (χ2v) is 5.12. The van der Waals surface area contributed by atoms with Gasteiger partial charge in [0.05, 0.1) is 6.61 Å². The third-order valence-electron chi connectivity index (χ3n) is 3.71. The van der Waals surface area contributed by atoms with E-state index in [-0.39, 0.29) is 18.4 Å². The van der Waals surface area contributed by atoms with Crippen molar-refractivity contribution in [2.24, 2.45) is 11.8 Å². The lowest BCUT2D eigenvalue weighted by Crippen LogP contribution is -2.43. The Kier molecular flexibility index (Phi) is 3.82. The molecule has 92 valence electrons. The van der Waals surface area contributed by atoms with Gasteiger partial charge in [-0.3, -0.25) is 4.79 Å². The van der Waals surface area contributed by atoms with E-state index in [4.69, 9.17) is 5.11 Å². The number of rotatable bonds is 5. The van der Waals surface area contributed by atoms with Gasteiger partial charge in [0.1, 0.15) is 0 Å². The van der Waals surface area contributed by atoms with Gasteiger partial charge in [-0.25, -0.2) is 0 Å². The summed E-state index contributed by atoms with van der Waals surface area (Å²) in [5.41, 5.74) is 0. The number of aliphatic hydroxyl groups excluding tert-OH is 1. The molecule has 0 aromatic heterocycles. The van der Waals surface area contributed by atoms with Crippen LogP contribution in [0.5, 0.6) is 0 Å². The molecule has 16 heavy (non-hydrogen) atoms. The van der Waals surface area contributed by atoms with E-state index in [1.54, 1.807) is 0 Å². The van der Waals surface area contributed by atoms with Crippen LogP contribution < -0.4 is 5.32 Å². The van der Waals surface area contributed by atoms with Crippen LogP contribution in [0.3, 0.4) is 0 Å². The van der Waals surface area contributed by atoms with Crippen LogP contribution in [0.25, 0.3) is 0 Å². The number of hydrogen-bond acceptors (Lipinski definition) is 3. The standard InChI is InChI=1S/C12H22N2O2/c1-9-7-11(9)12(16)14(5-6-15)8-10-3-2-4-13-10/h9-11,13,15H,2-8H2,1H3. The lowest BCUT2D eigenvalue weighted by atomic mass is 10.2. The highest BCUT2D eigenvalue weighted by Crippen LogP contribution is 2.39. The highest BCUT2D eigenvalue weighted by Gasteiger charge is 2.41. The molecule has 2 aliphatic rings. The molecule has 1 aliphatic carbocycles. The molecule has 0 aromatic carbocycles. The van der Waals surface area contributed by atoms with Crippen LogP contribution in [0.1, 0.15) is 26.2 Å². The van der Waals surface area contributed by atoms with Crippen molar-refractivity contribution < 1.29 is 9.90 Å². The second kappa shape index (κ2) is 5.15. The summed E-state index contributed by atoms with van der Waals surface area (Å²) in [6, 6.07) is 0.435. The predicted octanol–water partition coefficient (Wildman–Crippen LogP) is 0.215. The number of nitrogens with zero attached hydrogens (tertiary/aromatic N) is 1. The van der Waals surface area contributed by atoms with Crippen molar-refractivity contribution in [2.45, 2.75) is 32.2 Å². The number of hydrogen-bond donors (Lipinski definition) is 2. The van der Waals surface area contributed by atoms with Crippen LogP contribution in [0.4, 0.5) is 0 Å². The Balaban J connectivity index is 1.85. The fourth-order valence-corrected chi connectivity index (χ4v) is 2.49. The fourth-order valence-electron chi connectivity index (χ4n) is 2.49. The lowest BCUT2D eigenvalue weighted by Gasteiger charge is -2.25. The van der Waals surface area contributed by atoms with Crippen molar-refractivity contribution in [3.8, 4) is 0 Å². The van der Waals surface area contributed by atoms with Gasteiger partial charge in [0.25, 0.3) is 0 Å². The Bertz CT molecular complexity index is 251. The summed E-state index contributed by atoms with van der Waals surface area (Å²) in [4.78, 5) is 13.9. The van der Waals surface area contributed by atoms with Crippen molar-refractivity contribution in [1.29, 1.82) is 0 Å². The van der Waals surface area contributed by atoms with Crippen molar-refractivity contribution in [1.82, 2.24) is 10.2 Å². The molecule has 2 N–H and O–H groups in total. The van der Waals surface area contributed by atoms with Gasteiger partial charge in [0, 0.05) is 25.0 Å². The van der Waals surface area contributed by atoms with Gasteiger partial charge in [-0.2, -0.15) is 0 Å². The van der Waals surface area contributed by atoms with E-state index in [1.807, 2.05) is 4.90 Å². The first-order valence-electron chi connectivity index (χ1n) is 6.35. The van der Waals surface area contributed by atoms with E-state index in [2.05, 4.69) is 12.2 Å². The highest BCUT2D eigenvalue weighted by atomic mass is 16.3. The SMILES string of the molecule is CC1CC1C(=O)N(CCO)CC1CCCN1. The second-order valence-electron chi connectivity index (χ2n) is 5.12. The summed E-state index contributed by atoms with van der Waals surface area (Å²) in [7, 11) is 0. The van der Waals surface area contributed by atoms with Gasteiger partial charge in [-0.1, -0.05) is 6.92 Å². The van der Waals surface area contributed by atoms with Crippen LogP contribution >= 0.6 is 0 Å². The molecule has 1 saturated heterocycles. The lowest BCUT2D eigenvalue weighted by molar-refractivity contribution is -0.133. The van der Waals surface area contributed by atoms with Gasteiger partial charge in [0.2, 0.25) is 5.91 Å². The summed E-state index contributed by atoms with van der Waals surface area (Å²) < 4.78 is 0. The van der Waals surface area contributed by atoms with Gasteiger partial charge in [0.15, 0.2) is 0 Å². The van der Waals surface area contributed by atoms with Crippen molar-refractivity contribution in [3.05, 3.63) is 0 Å². The minimum atomic E-state index is 0.0690. The van der Waals surface area contributed by atoms with Crippen molar-refractivity contribution in [3.63, 3.8) is 0 Å². The third-order valence-corrected chi connectivity index (χ3v) is 3.71. The Morgan fingerprint density at radius 2 is 2.31 bits per heavy atom. The number of carbonyl (C=O) groups excluding carboxylic acids is 1. The third kappa shape index (κ3) is 2.74. The normalized spacial score (nSPS) is 32.8. The molecule has 4 heteroatoms. The zero-order valence-corrected chi connectivity index (χ0v) is 9.98. The van der Waals surface area contributed by atoms with Crippen LogP contribution in [-0.2, 0) is 4.79 Å². The minimum absolute atomic E-state index is 0.0690. The molecule has 3 atom stereocenters. The topological polar surface area (TPSA) is 52.6 Å². The monoisotopic (exact) mass is 226 g/mol. The summed E-state index contributed by atoms with van der Waals surface area (Å²) in [6.45, 7) is 4.50. The first kappa shape index (κ1) is 11.9. The van der Waals surface area contributed by atoms with E-state index in [1.165, 1.54) is 6.42 Å². The van der Waals surface area contributed by atoms with E-state index < -0.39 is 0 Å². The molecule has 1 aliphatic heterocycles. The highest BCUT2D eigenvalue weighted by molar-refractivity contribution is 5.81. The molecular formula is C12H22N2O2. The first-order valence-corrected chi connectivity index (χ1v) is 6.35. The maximum Gasteiger partial charge on any atom is 0.226 e. The van der Waals surface area contributed by atoms with Crippen LogP contribution in [0.15, 0.2) is 0 Å². The maximum atomic E-state index is 12.1. The largest absolute Gasteiger partial charge is 0.395 e. The fraction of sp³-hybridized carbons (Fsp3) is 0.917. The number of carbonyl (C=O) groups is 1. The molecule has 0 aromatic rings. The number of aliphatic hydroxyl groups is 1. The molecule has 2 rings (SSSR count). The van der Waals surface area contributed by atoms with E-state index in [0.717, 1.165) is 25.9 Å². The van der Waals surface area contributed by atoms with Crippen LogP contribution in [-0.4, -0.2) is 48.2 Å². The van der Waals surface area contributed by atoms with E-state index in [9.17, 15) is 4.79 Å². The summed E-state index contributed by atoms with van der Waals surface area (Å²) >= 11 is 0. The Morgan fingerprint density at radius 1 is 1.56 bits per heavy atom. The quantitative estimate of drug-likeness (QED) is 0.705. The molecule has 1 saturated carbocycles. The molecule has 0 spiro atoms. The first-order chi connectivity index (χ1) is 7.72. The van der Waals surface area contributed by atoms with E-state index >= 15 is 0 Å². The number of amides is 1. The molecule has 1 heterocycles. The molecule has 0 bridgehead atoms. The van der Waals surface area contributed by atoms with Crippen LogP contribution in [0, 0.1) is 11.8 Å². The Hall–Kier alpha value is -0.610. The molecule has 0 radical (unpaired) electrons. The average Bonchev–Trinajstić information content (AvgIpc) is 2.79. The maximum absolute atomic E-state index is 12.1. The van der Waals surface area contributed by atoms with Crippen LogP contribution in [0.2, 0.25) is 0 Å². The van der Waals surface area contributed by atoms with Crippen molar-refractivity contribution in [2.75, 3.05) is 26.2 Å². The predicted molar refractivity (Wildman–Crippen MR) is 62.0 cm³/mol. The Labute approximate surface area is 97.0 Å². The smallest absolute Gasteiger partial charge is 0.226 e. The van der Waals surface area contributed by atoms with Gasteiger partial charge >= 0.3 is 0 Å². The van der Waals surface area contributed by atoms with Crippen molar-refractivity contribution >= 4 is 5.91 Å². The molecule has 3 unspecified atom stereocenters. The molecule has 2 fully saturated rings. The Morgan fingerprint density at radius 3 is 2.81 bits per heavy atom. The zero-order valence-electron chi connectivity index (χ0n) is 9.98. The average molecular weight is 226 g/mol. The number of nitrogens with one attached hydrogen (secondary N) is 1. The minimum Gasteiger partial charge on any atom is -0.395 e.